The Kier molecular flexibility index (Phi) is 14.8. The standard InChI is InChI=1S/C15H26N2O3/c18-13-16-12-10-8-6-4-2-1-3-5-7-9-11-15(20)17-14-19/h15,20H,1-12H2. The normalized spacial score (nSPS) is 11.4. The largest absolute Gasteiger partial charge is 0.371 e. The third-order valence-electron chi connectivity index (χ3n) is 3.25. The number of rotatable bonds is 14. The van der Waals surface area contributed by atoms with Crippen LogP contribution in [0, 0.1) is 0 Å². The molecule has 0 spiro atoms. The van der Waals surface area contributed by atoms with Crippen molar-refractivity contribution in [2.24, 2.45) is 9.98 Å². The van der Waals surface area contributed by atoms with Gasteiger partial charge in [0.15, 0.2) is 6.23 Å². The van der Waals surface area contributed by atoms with Crippen LogP contribution >= 0.6 is 0 Å². The maximum absolute atomic E-state index is 9.88. The maximum Gasteiger partial charge on any atom is 0.237 e. The van der Waals surface area contributed by atoms with Gasteiger partial charge in [-0.25, -0.2) is 14.6 Å². The quantitative estimate of drug-likeness (QED) is 0.302. The Morgan fingerprint density at radius 1 is 0.750 bits per heavy atom. The van der Waals surface area contributed by atoms with Gasteiger partial charge in [0.1, 0.15) is 0 Å². The summed E-state index contributed by atoms with van der Waals surface area (Å²) < 4.78 is 0. The van der Waals surface area contributed by atoms with Gasteiger partial charge in [-0.05, 0) is 19.3 Å². The fourth-order valence-electron chi connectivity index (χ4n) is 2.10. The van der Waals surface area contributed by atoms with Crippen LogP contribution in [-0.4, -0.2) is 30.0 Å². The summed E-state index contributed by atoms with van der Waals surface area (Å²) in [7, 11) is 0. The molecule has 0 aromatic carbocycles. The van der Waals surface area contributed by atoms with Crippen molar-refractivity contribution >= 4 is 12.2 Å². The smallest absolute Gasteiger partial charge is 0.237 e. The molecule has 20 heavy (non-hydrogen) atoms. The summed E-state index contributed by atoms with van der Waals surface area (Å²) in [5.41, 5.74) is 0. The van der Waals surface area contributed by atoms with Crippen LogP contribution in [0.1, 0.15) is 70.6 Å². The van der Waals surface area contributed by atoms with Crippen molar-refractivity contribution in [3.8, 4) is 0 Å². The summed E-state index contributed by atoms with van der Waals surface area (Å²) in [5, 5.41) is 9.17. The van der Waals surface area contributed by atoms with Crippen molar-refractivity contribution in [2.45, 2.75) is 76.9 Å². The SMILES string of the molecule is O=C=NCCCCCCCCCCCCC(O)N=C=O. The van der Waals surface area contributed by atoms with Gasteiger partial charge in [0, 0.05) is 0 Å². The van der Waals surface area contributed by atoms with Gasteiger partial charge in [-0.1, -0.05) is 51.4 Å². The number of aliphatic imine (C=N–C) groups is 2. The first-order valence-electron chi connectivity index (χ1n) is 7.60. The van der Waals surface area contributed by atoms with E-state index in [1.165, 1.54) is 44.6 Å². The topological polar surface area (TPSA) is 79.1 Å². The molecule has 0 bridgehead atoms. The Hall–Kier alpha value is -1.28. The number of unbranched alkanes of at least 4 members (excludes halogenated alkanes) is 9. The monoisotopic (exact) mass is 282 g/mol. The molecule has 0 aromatic heterocycles. The molecule has 0 saturated heterocycles. The number of aliphatic hydroxyl groups is 1. The van der Waals surface area contributed by atoms with Crippen molar-refractivity contribution in [1.82, 2.24) is 0 Å². The van der Waals surface area contributed by atoms with Crippen LogP contribution in [0.3, 0.4) is 0 Å². The highest BCUT2D eigenvalue weighted by atomic mass is 16.3. The number of aliphatic hydroxyl groups excluding tert-OH is 1. The van der Waals surface area contributed by atoms with Gasteiger partial charge in [-0.2, -0.15) is 4.99 Å². The first-order valence-corrected chi connectivity index (χ1v) is 7.60. The average molecular weight is 282 g/mol. The molecule has 0 radical (unpaired) electrons. The third-order valence-corrected chi connectivity index (χ3v) is 3.25. The molecule has 1 atom stereocenters. The van der Waals surface area contributed by atoms with Gasteiger partial charge >= 0.3 is 0 Å². The van der Waals surface area contributed by atoms with E-state index in [-0.39, 0.29) is 0 Å². The Balaban J connectivity index is 3.09. The molecule has 5 nitrogen and oxygen atoms in total. The number of carbonyl (C=O) groups excluding carboxylic acids is 2. The molecule has 1 N–H and O–H groups in total. The molecule has 0 fully saturated rings. The summed E-state index contributed by atoms with van der Waals surface area (Å²) in [5.74, 6) is 0. The molecule has 1 unspecified atom stereocenters. The van der Waals surface area contributed by atoms with Crippen molar-refractivity contribution in [3.05, 3.63) is 0 Å². The van der Waals surface area contributed by atoms with Gasteiger partial charge in [0.2, 0.25) is 12.2 Å². The molecular formula is C15H26N2O3. The molecule has 0 heterocycles. The van der Waals surface area contributed by atoms with E-state index in [1.807, 2.05) is 0 Å². The fourth-order valence-corrected chi connectivity index (χ4v) is 2.10. The van der Waals surface area contributed by atoms with E-state index in [0.29, 0.717) is 13.0 Å². The lowest BCUT2D eigenvalue weighted by atomic mass is 10.1. The summed E-state index contributed by atoms with van der Waals surface area (Å²) in [6.45, 7) is 0.615. The van der Waals surface area contributed by atoms with E-state index in [0.717, 1.165) is 25.7 Å². The number of isocyanates is 2. The van der Waals surface area contributed by atoms with Gasteiger partial charge < -0.3 is 5.11 Å². The second-order valence-electron chi connectivity index (χ2n) is 5.00. The number of hydrogen-bond acceptors (Lipinski definition) is 5. The molecule has 0 aliphatic heterocycles. The van der Waals surface area contributed by atoms with E-state index in [2.05, 4.69) is 9.98 Å². The van der Waals surface area contributed by atoms with Crippen LogP contribution in [0.2, 0.25) is 0 Å². The lowest BCUT2D eigenvalue weighted by molar-refractivity contribution is 0.170. The predicted molar refractivity (Wildman–Crippen MR) is 77.9 cm³/mol. The molecule has 0 rings (SSSR count). The molecular weight excluding hydrogens is 256 g/mol. The van der Waals surface area contributed by atoms with E-state index < -0.39 is 6.23 Å². The highest BCUT2D eigenvalue weighted by molar-refractivity contribution is 5.33. The van der Waals surface area contributed by atoms with E-state index in [1.54, 1.807) is 6.08 Å². The molecule has 114 valence electrons. The van der Waals surface area contributed by atoms with Crippen LogP contribution in [0.4, 0.5) is 0 Å². The minimum absolute atomic E-state index is 0.554. The zero-order valence-electron chi connectivity index (χ0n) is 12.2. The summed E-state index contributed by atoms with van der Waals surface area (Å²) in [6, 6.07) is 0. The molecule has 0 aromatic rings. The Bertz CT molecular complexity index is 308. The van der Waals surface area contributed by atoms with Crippen LogP contribution < -0.4 is 0 Å². The van der Waals surface area contributed by atoms with Crippen molar-refractivity contribution < 1.29 is 14.7 Å². The van der Waals surface area contributed by atoms with Crippen molar-refractivity contribution in [1.29, 1.82) is 0 Å². The number of nitrogens with zero attached hydrogens (tertiary/aromatic N) is 2. The minimum atomic E-state index is -0.865. The van der Waals surface area contributed by atoms with Crippen LogP contribution in [-0.2, 0) is 9.59 Å². The van der Waals surface area contributed by atoms with Gasteiger partial charge in [0.25, 0.3) is 0 Å². The van der Waals surface area contributed by atoms with Crippen LogP contribution in [0.15, 0.2) is 9.98 Å². The Morgan fingerprint density at radius 3 is 1.75 bits per heavy atom. The Labute approximate surface area is 121 Å². The van der Waals surface area contributed by atoms with Crippen LogP contribution in [0.5, 0.6) is 0 Å². The summed E-state index contributed by atoms with van der Waals surface area (Å²) >= 11 is 0. The highest BCUT2D eigenvalue weighted by Gasteiger charge is 1.99. The molecule has 0 aliphatic rings. The third kappa shape index (κ3) is 14.8. The predicted octanol–water partition coefficient (Wildman–Crippen LogP) is 3.27. The average Bonchev–Trinajstić information content (AvgIpc) is 2.44. The van der Waals surface area contributed by atoms with Crippen molar-refractivity contribution in [2.75, 3.05) is 6.54 Å². The van der Waals surface area contributed by atoms with Gasteiger partial charge in [0.05, 0.1) is 6.54 Å². The van der Waals surface area contributed by atoms with Crippen molar-refractivity contribution in [3.63, 3.8) is 0 Å². The minimum Gasteiger partial charge on any atom is -0.371 e. The highest BCUT2D eigenvalue weighted by Crippen LogP contribution is 2.12. The fraction of sp³-hybridized carbons (Fsp3) is 0.867. The second-order valence-corrected chi connectivity index (χ2v) is 5.00. The summed E-state index contributed by atoms with van der Waals surface area (Å²) in [4.78, 5) is 26.5. The second kappa shape index (κ2) is 15.8. The van der Waals surface area contributed by atoms with E-state index in [4.69, 9.17) is 5.11 Å². The zero-order chi connectivity index (χ0) is 14.9. The maximum atomic E-state index is 9.88. The van der Waals surface area contributed by atoms with Crippen LogP contribution in [0.25, 0.3) is 0 Å². The first-order chi connectivity index (χ1) is 9.81. The molecule has 5 heteroatoms. The van der Waals surface area contributed by atoms with Gasteiger partial charge in [-0.3, -0.25) is 0 Å². The van der Waals surface area contributed by atoms with E-state index in [9.17, 15) is 9.59 Å². The Morgan fingerprint density at radius 2 is 1.25 bits per heavy atom. The first kappa shape index (κ1) is 18.7. The molecule has 0 saturated carbocycles. The van der Waals surface area contributed by atoms with E-state index >= 15 is 0 Å². The van der Waals surface area contributed by atoms with Gasteiger partial charge in [-0.15, -0.1) is 0 Å². The number of hydrogen-bond donors (Lipinski definition) is 1. The molecule has 0 aliphatic carbocycles. The zero-order valence-corrected chi connectivity index (χ0v) is 12.2. The molecule has 0 amide bonds. The lowest BCUT2D eigenvalue weighted by Crippen LogP contribution is -2.01. The lowest BCUT2D eigenvalue weighted by Gasteiger charge is -2.04. The summed E-state index contributed by atoms with van der Waals surface area (Å²) in [6.07, 6.45) is 14.1.